The van der Waals surface area contributed by atoms with Gasteiger partial charge in [-0.05, 0) is 70.0 Å². The molecule has 0 aromatic heterocycles. The van der Waals surface area contributed by atoms with Crippen LogP contribution in [-0.4, -0.2) is 65.6 Å². The van der Waals surface area contributed by atoms with Gasteiger partial charge in [-0.3, -0.25) is 14.7 Å². The van der Waals surface area contributed by atoms with E-state index >= 15 is 0 Å². The minimum absolute atomic E-state index is 0.106. The van der Waals surface area contributed by atoms with E-state index in [1.54, 1.807) is 0 Å². The highest BCUT2D eigenvalue weighted by atomic mass is 16.3. The summed E-state index contributed by atoms with van der Waals surface area (Å²) in [5, 5.41) is 17.8. The largest absolute Gasteiger partial charge is 0.389 e. The van der Waals surface area contributed by atoms with Crippen LogP contribution in [0, 0.1) is 0 Å². The second-order valence-electron chi connectivity index (χ2n) is 9.18. The number of nitrogens with two attached hydrogens (primary N) is 1. The van der Waals surface area contributed by atoms with Crippen LogP contribution in [0.25, 0.3) is 0 Å². The molecule has 1 saturated heterocycles. The summed E-state index contributed by atoms with van der Waals surface area (Å²) in [6.07, 6.45) is 7.90. The molecule has 1 amide bonds. The monoisotopic (exact) mass is 441 g/mol. The highest BCUT2D eigenvalue weighted by Gasteiger charge is 2.53. The average Bonchev–Trinajstić information content (AvgIpc) is 3.01. The Kier molecular flexibility index (Phi) is 7.96. The van der Waals surface area contributed by atoms with Crippen molar-refractivity contribution < 1.29 is 9.90 Å². The number of amidine groups is 1. The standard InChI is InChI=1S/C25H39N5O2/c1-5-14-27-15-21(29-22(26)6-2)25(3)23(31)20(16-30(25)4)28-24(32)19-13-9-11-17-10-7-8-12-18(17)19/h5,9,11,13-14,20-21,23,27,31H,6-8,10,12,15-16H2,1-4H3,(H2,26,29)(H,28,32)/b14-5-/t20-,21?,23-,25?/m1/s1. The molecule has 0 spiro atoms. The maximum absolute atomic E-state index is 13.2. The lowest BCUT2D eigenvalue weighted by Gasteiger charge is -2.40. The molecule has 1 aromatic rings. The molecule has 1 aromatic carbocycles. The Morgan fingerprint density at radius 3 is 2.88 bits per heavy atom. The molecule has 0 bridgehead atoms. The van der Waals surface area contributed by atoms with Gasteiger partial charge in [0.05, 0.1) is 29.6 Å². The van der Waals surface area contributed by atoms with E-state index in [0.717, 1.165) is 30.4 Å². The fourth-order valence-electron chi connectivity index (χ4n) is 5.01. The molecule has 5 N–H and O–H groups in total. The summed E-state index contributed by atoms with van der Waals surface area (Å²) in [7, 11) is 1.97. The lowest BCUT2D eigenvalue weighted by Crippen LogP contribution is -2.59. The Morgan fingerprint density at radius 1 is 1.41 bits per heavy atom. The number of hydrogen-bond donors (Lipinski definition) is 4. The van der Waals surface area contributed by atoms with E-state index < -0.39 is 11.6 Å². The van der Waals surface area contributed by atoms with Crippen molar-refractivity contribution in [2.75, 3.05) is 20.1 Å². The number of aliphatic imine (C=N–C) groups is 1. The Morgan fingerprint density at radius 2 is 2.16 bits per heavy atom. The molecule has 4 atom stereocenters. The van der Waals surface area contributed by atoms with Crippen molar-refractivity contribution in [2.24, 2.45) is 10.7 Å². The first-order chi connectivity index (χ1) is 15.3. The topological polar surface area (TPSA) is 103 Å². The highest BCUT2D eigenvalue weighted by molar-refractivity contribution is 5.96. The summed E-state index contributed by atoms with van der Waals surface area (Å²) in [6, 6.07) is 5.33. The lowest BCUT2D eigenvalue weighted by atomic mass is 9.85. The fraction of sp³-hybridized carbons (Fsp3) is 0.600. The van der Waals surface area contributed by atoms with Crippen LogP contribution in [0.1, 0.15) is 61.5 Å². The summed E-state index contributed by atoms with van der Waals surface area (Å²) < 4.78 is 0. The van der Waals surface area contributed by atoms with Crippen molar-refractivity contribution in [2.45, 2.75) is 76.6 Å². The Balaban J connectivity index is 1.81. The number of aryl methyl sites for hydroxylation is 1. The van der Waals surface area contributed by atoms with E-state index in [1.807, 2.05) is 52.2 Å². The summed E-state index contributed by atoms with van der Waals surface area (Å²) in [5.74, 6) is 0.452. The van der Waals surface area contributed by atoms with Crippen molar-refractivity contribution in [1.29, 1.82) is 0 Å². The van der Waals surface area contributed by atoms with Gasteiger partial charge in [0, 0.05) is 25.1 Å². The number of aliphatic hydroxyl groups is 1. The first-order valence-corrected chi connectivity index (χ1v) is 11.8. The van der Waals surface area contributed by atoms with Gasteiger partial charge in [-0.1, -0.05) is 25.1 Å². The smallest absolute Gasteiger partial charge is 0.251 e. The van der Waals surface area contributed by atoms with Crippen molar-refractivity contribution >= 4 is 11.7 Å². The zero-order valence-corrected chi connectivity index (χ0v) is 19.9. The van der Waals surface area contributed by atoms with E-state index in [2.05, 4.69) is 21.6 Å². The van der Waals surface area contributed by atoms with Crippen LogP contribution in [0.3, 0.4) is 0 Å². The number of carbonyl (C=O) groups is 1. The van der Waals surface area contributed by atoms with Crippen molar-refractivity contribution in [3.05, 3.63) is 47.2 Å². The van der Waals surface area contributed by atoms with Crippen molar-refractivity contribution in [3.63, 3.8) is 0 Å². The van der Waals surface area contributed by atoms with Gasteiger partial charge in [-0.2, -0.15) is 0 Å². The number of rotatable bonds is 8. The molecule has 2 unspecified atom stereocenters. The molecule has 0 saturated carbocycles. The van der Waals surface area contributed by atoms with E-state index in [4.69, 9.17) is 10.7 Å². The van der Waals surface area contributed by atoms with Gasteiger partial charge in [-0.25, -0.2) is 0 Å². The number of aliphatic hydroxyl groups excluding tert-OH is 1. The normalized spacial score (nSPS) is 27.3. The van der Waals surface area contributed by atoms with Crippen molar-refractivity contribution in [1.82, 2.24) is 15.5 Å². The molecule has 3 rings (SSSR count). The van der Waals surface area contributed by atoms with Gasteiger partial charge in [0.2, 0.25) is 0 Å². The Bertz CT molecular complexity index is 868. The van der Waals surface area contributed by atoms with E-state index in [1.165, 1.54) is 12.0 Å². The molecular formula is C25H39N5O2. The van der Waals surface area contributed by atoms with E-state index in [0.29, 0.717) is 25.3 Å². The van der Waals surface area contributed by atoms with Gasteiger partial charge in [0.1, 0.15) is 0 Å². The van der Waals surface area contributed by atoms with E-state index in [-0.39, 0.29) is 18.0 Å². The number of hydrogen-bond acceptors (Lipinski definition) is 5. The first-order valence-electron chi connectivity index (χ1n) is 11.8. The van der Waals surface area contributed by atoms with Gasteiger partial charge < -0.3 is 21.5 Å². The summed E-state index contributed by atoms with van der Waals surface area (Å²) in [5.41, 5.74) is 8.58. The third-order valence-corrected chi connectivity index (χ3v) is 7.18. The second-order valence-corrected chi connectivity index (χ2v) is 9.18. The minimum Gasteiger partial charge on any atom is -0.389 e. The Hall–Kier alpha value is -2.38. The molecule has 2 aliphatic rings. The van der Waals surface area contributed by atoms with Crippen LogP contribution in [0.15, 0.2) is 35.5 Å². The SMILES string of the molecule is C/C=C\NCC(N=C(N)CC)C1(C)[C@H](O)[C@H](NC(=O)c2cccc3c2CCCC3)CN1C. The Labute approximate surface area is 192 Å². The maximum Gasteiger partial charge on any atom is 0.251 e. The molecule has 176 valence electrons. The highest BCUT2D eigenvalue weighted by Crippen LogP contribution is 2.34. The number of fused-ring (bicyclic) bond motifs is 1. The van der Waals surface area contributed by atoms with Crippen LogP contribution < -0.4 is 16.4 Å². The molecule has 1 heterocycles. The van der Waals surface area contributed by atoms with Crippen LogP contribution in [0.2, 0.25) is 0 Å². The van der Waals surface area contributed by atoms with Crippen molar-refractivity contribution in [3.8, 4) is 0 Å². The molecule has 1 aliphatic heterocycles. The summed E-state index contributed by atoms with van der Waals surface area (Å²) in [4.78, 5) is 20.1. The molecule has 1 aliphatic carbocycles. The van der Waals surface area contributed by atoms with Crippen LogP contribution >= 0.6 is 0 Å². The molecule has 32 heavy (non-hydrogen) atoms. The lowest BCUT2D eigenvalue weighted by molar-refractivity contribution is 0.0273. The number of nitrogens with one attached hydrogen (secondary N) is 2. The maximum atomic E-state index is 13.2. The number of nitrogens with zero attached hydrogens (tertiary/aromatic N) is 2. The van der Waals surface area contributed by atoms with Crippen LogP contribution in [0.5, 0.6) is 0 Å². The third kappa shape index (κ3) is 4.84. The van der Waals surface area contributed by atoms with Gasteiger partial charge in [0.25, 0.3) is 5.91 Å². The third-order valence-electron chi connectivity index (χ3n) is 7.18. The number of allylic oxidation sites excluding steroid dienone is 1. The summed E-state index contributed by atoms with van der Waals surface area (Å²) in [6.45, 7) is 6.99. The van der Waals surface area contributed by atoms with Gasteiger partial charge in [0.15, 0.2) is 0 Å². The molecule has 1 fully saturated rings. The van der Waals surface area contributed by atoms with Crippen LogP contribution in [-0.2, 0) is 12.8 Å². The molecule has 7 heteroatoms. The van der Waals surface area contributed by atoms with Crippen LogP contribution in [0.4, 0.5) is 0 Å². The quantitative estimate of drug-likeness (QED) is 0.365. The first kappa shape index (κ1) is 24.3. The van der Waals surface area contributed by atoms with Gasteiger partial charge >= 0.3 is 0 Å². The minimum atomic E-state index is -0.790. The predicted octanol–water partition coefficient (Wildman–Crippen LogP) is 1.99. The number of amides is 1. The number of carbonyl (C=O) groups excluding carboxylic acids is 1. The average molecular weight is 442 g/mol. The molecular weight excluding hydrogens is 402 g/mol. The second kappa shape index (κ2) is 10.5. The number of benzene rings is 1. The summed E-state index contributed by atoms with van der Waals surface area (Å²) >= 11 is 0. The van der Waals surface area contributed by atoms with Gasteiger partial charge in [-0.15, -0.1) is 0 Å². The number of likely N-dealkylation sites (N-methyl/N-ethyl adjacent to an activating group) is 1. The molecule has 0 radical (unpaired) electrons. The van der Waals surface area contributed by atoms with E-state index in [9.17, 15) is 9.90 Å². The zero-order chi connectivity index (χ0) is 23.3. The zero-order valence-electron chi connectivity index (χ0n) is 19.9. The number of likely N-dealkylation sites (tertiary alicyclic amines) is 1. The fourth-order valence-corrected chi connectivity index (χ4v) is 5.01. The predicted molar refractivity (Wildman–Crippen MR) is 130 cm³/mol. The molecule has 7 nitrogen and oxygen atoms in total.